The van der Waals surface area contributed by atoms with Gasteiger partial charge in [-0.1, -0.05) is 12.1 Å². The van der Waals surface area contributed by atoms with Crippen molar-refractivity contribution < 1.29 is 5.11 Å². The van der Waals surface area contributed by atoms with Crippen LogP contribution in [0.2, 0.25) is 0 Å². The number of hydrogen-bond acceptors (Lipinski definition) is 3. The fourth-order valence-corrected chi connectivity index (χ4v) is 2.80. The van der Waals surface area contributed by atoms with E-state index in [1.54, 1.807) is 12.1 Å². The normalized spacial score (nSPS) is 19.8. The fourth-order valence-electron chi connectivity index (χ4n) is 2.80. The number of phenolic OH excluding ortho intramolecular Hbond substituents is 1. The maximum absolute atomic E-state index is 9.32. The maximum atomic E-state index is 9.32. The molecule has 1 saturated heterocycles. The van der Waals surface area contributed by atoms with E-state index in [0.717, 1.165) is 0 Å². The highest BCUT2D eigenvalue weighted by Gasteiger charge is 2.21. The Kier molecular flexibility index (Phi) is 4.83. The van der Waals surface area contributed by atoms with Gasteiger partial charge in [-0.3, -0.25) is 0 Å². The summed E-state index contributed by atoms with van der Waals surface area (Å²) < 4.78 is 0. The molecule has 1 heterocycles. The van der Waals surface area contributed by atoms with Gasteiger partial charge in [0.15, 0.2) is 0 Å². The summed E-state index contributed by atoms with van der Waals surface area (Å²) in [5.41, 5.74) is 1.24. The van der Waals surface area contributed by atoms with Crippen LogP contribution in [0.25, 0.3) is 0 Å². The number of likely N-dealkylation sites (tertiary alicyclic amines) is 1. The van der Waals surface area contributed by atoms with E-state index in [-0.39, 0.29) is 0 Å². The summed E-state index contributed by atoms with van der Waals surface area (Å²) in [7, 11) is 0. The highest BCUT2D eigenvalue weighted by Crippen LogP contribution is 2.20. The highest BCUT2D eigenvalue weighted by atomic mass is 16.3. The third kappa shape index (κ3) is 3.95. The summed E-state index contributed by atoms with van der Waals surface area (Å²) in [5.74, 6) is 0.334. The molecule has 106 valence electrons. The SMILES string of the molecule is CC(NC1CCN(C(C)C)CC1)c1ccc(O)cc1. The monoisotopic (exact) mass is 262 g/mol. The van der Waals surface area contributed by atoms with Crippen molar-refractivity contribution >= 4 is 0 Å². The van der Waals surface area contributed by atoms with Crippen LogP contribution in [0.3, 0.4) is 0 Å². The van der Waals surface area contributed by atoms with Gasteiger partial charge in [0, 0.05) is 18.1 Å². The Balaban J connectivity index is 1.83. The van der Waals surface area contributed by atoms with Gasteiger partial charge in [0.1, 0.15) is 5.75 Å². The van der Waals surface area contributed by atoms with E-state index in [1.807, 2.05) is 12.1 Å². The lowest BCUT2D eigenvalue weighted by Crippen LogP contribution is -2.45. The highest BCUT2D eigenvalue weighted by molar-refractivity contribution is 5.27. The molecule has 1 aliphatic rings. The van der Waals surface area contributed by atoms with E-state index in [1.165, 1.54) is 31.5 Å². The maximum Gasteiger partial charge on any atom is 0.115 e. The Hall–Kier alpha value is -1.06. The predicted octanol–water partition coefficient (Wildman–Crippen LogP) is 2.92. The summed E-state index contributed by atoms with van der Waals surface area (Å²) in [4.78, 5) is 2.55. The summed E-state index contributed by atoms with van der Waals surface area (Å²) in [5, 5.41) is 13.0. The molecule has 2 N–H and O–H groups in total. The van der Waals surface area contributed by atoms with Crippen molar-refractivity contribution in [1.29, 1.82) is 0 Å². The molecule has 0 amide bonds. The van der Waals surface area contributed by atoms with E-state index in [4.69, 9.17) is 0 Å². The van der Waals surface area contributed by atoms with E-state index < -0.39 is 0 Å². The molecule has 3 nitrogen and oxygen atoms in total. The second-order valence-electron chi connectivity index (χ2n) is 5.88. The first-order valence-electron chi connectivity index (χ1n) is 7.35. The van der Waals surface area contributed by atoms with Gasteiger partial charge < -0.3 is 15.3 Å². The second-order valence-corrected chi connectivity index (χ2v) is 5.88. The van der Waals surface area contributed by atoms with Gasteiger partial charge >= 0.3 is 0 Å². The molecular formula is C16H26N2O. The third-order valence-corrected chi connectivity index (χ3v) is 4.14. The van der Waals surface area contributed by atoms with Gasteiger partial charge in [-0.2, -0.15) is 0 Å². The van der Waals surface area contributed by atoms with E-state index in [2.05, 4.69) is 31.0 Å². The van der Waals surface area contributed by atoms with Gasteiger partial charge in [0.05, 0.1) is 0 Å². The first kappa shape index (κ1) is 14.4. The van der Waals surface area contributed by atoms with Crippen molar-refractivity contribution in [3.63, 3.8) is 0 Å². The number of hydrogen-bond donors (Lipinski definition) is 2. The molecule has 3 heteroatoms. The molecule has 0 aliphatic carbocycles. The van der Waals surface area contributed by atoms with Crippen LogP contribution in [0.15, 0.2) is 24.3 Å². The Bertz CT molecular complexity index is 380. The van der Waals surface area contributed by atoms with Crippen molar-refractivity contribution in [2.24, 2.45) is 0 Å². The molecule has 0 aromatic heterocycles. The van der Waals surface area contributed by atoms with E-state index in [9.17, 15) is 5.11 Å². The number of aromatic hydroxyl groups is 1. The smallest absolute Gasteiger partial charge is 0.115 e. The standard InChI is InChI=1S/C16H26N2O/c1-12(2)18-10-8-15(9-11-18)17-13(3)14-4-6-16(19)7-5-14/h4-7,12-13,15,17,19H,8-11H2,1-3H3. The number of rotatable bonds is 4. The summed E-state index contributed by atoms with van der Waals surface area (Å²) >= 11 is 0. The molecule has 1 unspecified atom stereocenters. The number of piperidine rings is 1. The first-order chi connectivity index (χ1) is 9.06. The van der Waals surface area contributed by atoms with Crippen LogP contribution in [0.1, 0.15) is 45.2 Å². The summed E-state index contributed by atoms with van der Waals surface area (Å²) in [6.07, 6.45) is 2.45. The van der Waals surface area contributed by atoms with Crippen molar-refractivity contribution in [1.82, 2.24) is 10.2 Å². The summed E-state index contributed by atoms with van der Waals surface area (Å²) in [6.45, 7) is 9.12. The second kappa shape index (κ2) is 6.40. The van der Waals surface area contributed by atoms with Crippen LogP contribution in [-0.4, -0.2) is 35.2 Å². The Labute approximate surface area is 116 Å². The van der Waals surface area contributed by atoms with Crippen LogP contribution in [0.5, 0.6) is 5.75 Å². The van der Waals surface area contributed by atoms with Crippen LogP contribution < -0.4 is 5.32 Å². The lowest BCUT2D eigenvalue weighted by atomic mass is 10.0. The fraction of sp³-hybridized carbons (Fsp3) is 0.625. The molecule has 0 radical (unpaired) electrons. The van der Waals surface area contributed by atoms with Crippen molar-refractivity contribution in [3.8, 4) is 5.75 Å². The minimum absolute atomic E-state index is 0.334. The molecule has 0 spiro atoms. The number of benzene rings is 1. The quantitative estimate of drug-likeness (QED) is 0.876. The largest absolute Gasteiger partial charge is 0.508 e. The number of phenols is 1. The van der Waals surface area contributed by atoms with E-state index >= 15 is 0 Å². The molecule has 1 fully saturated rings. The minimum atomic E-state index is 0.334. The third-order valence-electron chi connectivity index (χ3n) is 4.14. The van der Waals surface area contributed by atoms with Gasteiger partial charge in [0.25, 0.3) is 0 Å². The number of nitrogens with one attached hydrogen (secondary N) is 1. The van der Waals surface area contributed by atoms with Crippen molar-refractivity contribution in [2.45, 2.75) is 51.7 Å². The molecule has 1 aromatic carbocycles. The molecule has 1 atom stereocenters. The van der Waals surface area contributed by atoms with Gasteiger partial charge in [-0.25, -0.2) is 0 Å². The molecule has 0 saturated carbocycles. The van der Waals surface area contributed by atoms with Gasteiger partial charge in [-0.05, 0) is 64.4 Å². The van der Waals surface area contributed by atoms with Crippen molar-refractivity contribution in [3.05, 3.63) is 29.8 Å². The van der Waals surface area contributed by atoms with Crippen molar-refractivity contribution in [2.75, 3.05) is 13.1 Å². The topological polar surface area (TPSA) is 35.5 Å². The summed E-state index contributed by atoms with van der Waals surface area (Å²) in [6, 6.07) is 9.13. The van der Waals surface area contributed by atoms with Gasteiger partial charge in [-0.15, -0.1) is 0 Å². The lowest BCUT2D eigenvalue weighted by molar-refractivity contribution is 0.157. The van der Waals surface area contributed by atoms with Crippen LogP contribution in [-0.2, 0) is 0 Å². The first-order valence-corrected chi connectivity index (χ1v) is 7.35. The predicted molar refractivity (Wildman–Crippen MR) is 79.4 cm³/mol. The Morgan fingerprint density at radius 3 is 2.21 bits per heavy atom. The Morgan fingerprint density at radius 1 is 1.11 bits per heavy atom. The molecule has 1 aromatic rings. The molecule has 0 bridgehead atoms. The zero-order valence-corrected chi connectivity index (χ0v) is 12.3. The van der Waals surface area contributed by atoms with Crippen LogP contribution >= 0.6 is 0 Å². The average Bonchev–Trinajstić information content (AvgIpc) is 2.40. The Morgan fingerprint density at radius 2 is 1.68 bits per heavy atom. The molecule has 2 rings (SSSR count). The van der Waals surface area contributed by atoms with Crippen LogP contribution in [0, 0.1) is 0 Å². The lowest BCUT2D eigenvalue weighted by Gasteiger charge is -2.36. The van der Waals surface area contributed by atoms with Gasteiger partial charge in [0.2, 0.25) is 0 Å². The zero-order chi connectivity index (χ0) is 13.8. The van der Waals surface area contributed by atoms with Crippen LogP contribution in [0.4, 0.5) is 0 Å². The zero-order valence-electron chi connectivity index (χ0n) is 12.3. The number of nitrogens with zero attached hydrogens (tertiary/aromatic N) is 1. The molecular weight excluding hydrogens is 236 g/mol. The van der Waals surface area contributed by atoms with E-state index in [0.29, 0.717) is 23.9 Å². The molecule has 1 aliphatic heterocycles. The minimum Gasteiger partial charge on any atom is -0.508 e. The molecule has 19 heavy (non-hydrogen) atoms. The average molecular weight is 262 g/mol.